The minimum absolute atomic E-state index is 0.117. The third-order valence-corrected chi connectivity index (χ3v) is 5.80. The zero-order chi connectivity index (χ0) is 21.0. The quantitative estimate of drug-likeness (QED) is 0.516. The van der Waals surface area contributed by atoms with Crippen molar-refractivity contribution < 1.29 is 19.1 Å². The maximum absolute atomic E-state index is 12.9. The molecule has 8 heteroatoms. The lowest BCUT2D eigenvalue weighted by atomic mass is 10.0. The summed E-state index contributed by atoms with van der Waals surface area (Å²) in [7, 11) is 0. The first-order chi connectivity index (χ1) is 13.9. The van der Waals surface area contributed by atoms with Crippen molar-refractivity contribution in [3.8, 4) is 5.75 Å². The predicted octanol–water partition coefficient (Wildman–Crippen LogP) is 3.57. The van der Waals surface area contributed by atoms with Gasteiger partial charge < -0.3 is 14.8 Å². The number of aromatic hydroxyl groups is 1. The number of carbonyl (C=O) groups is 2. The summed E-state index contributed by atoms with van der Waals surface area (Å²) in [4.78, 5) is 27.6. The number of phenols is 1. The van der Waals surface area contributed by atoms with Gasteiger partial charge in [-0.05, 0) is 42.2 Å². The lowest BCUT2D eigenvalue weighted by Crippen LogP contribution is -2.51. The van der Waals surface area contributed by atoms with Gasteiger partial charge in [-0.2, -0.15) is 0 Å². The molecule has 2 aromatic rings. The number of carbonyl (C=O) groups excluding carboxylic acids is 2. The second-order valence-corrected chi connectivity index (χ2v) is 8.64. The molecular formula is C21H22N2O4S2. The highest BCUT2D eigenvalue weighted by atomic mass is 32.2. The Morgan fingerprint density at radius 2 is 2.03 bits per heavy atom. The Morgan fingerprint density at radius 3 is 2.66 bits per heavy atom. The first kappa shape index (κ1) is 21.1. The average Bonchev–Trinajstić information content (AvgIpc) is 3.27. The van der Waals surface area contributed by atoms with Crippen LogP contribution in [0.25, 0.3) is 6.08 Å². The molecule has 6 nitrogen and oxygen atoms in total. The number of amides is 2. The molecule has 1 atom stereocenters. The summed E-state index contributed by atoms with van der Waals surface area (Å²) in [6.45, 7) is 4.20. The molecule has 1 aliphatic rings. The maximum atomic E-state index is 12.9. The van der Waals surface area contributed by atoms with Crippen molar-refractivity contribution in [2.24, 2.45) is 5.92 Å². The summed E-state index contributed by atoms with van der Waals surface area (Å²) in [6, 6.07) is 9.64. The van der Waals surface area contributed by atoms with E-state index in [9.17, 15) is 14.7 Å². The van der Waals surface area contributed by atoms with E-state index in [2.05, 4.69) is 5.32 Å². The molecule has 29 heavy (non-hydrogen) atoms. The lowest BCUT2D eigenvalue weighted by Gasteiger charge is -2.29. The molecule has 0 bridgehead atoms. The molecule has 0 spiro atoms. The number of phenolic OH excluding ortho intramolecular Hbond substituents is 1. The normalized spacial score (nSPS) is 16.7. The molecule has 1 aromatic carbocycles. The Kier molecular flexibility index (Phi) is 6.76. The molecular weight excluding hydrogens is 408 g/mol. The third kappa shape index (κ3) is 5.07. The van der Waals surface area contributed by atoms with E-state index in [1.807, 2.05) is 26.0 Å². The van der Waals surface area contributed by atoms with Crippen LogP contribution in [0, 0.1) is 5.92 Å². The summed E-state index contributed by atoms with van der Waals surface area (Å²) in [5.74, 6) is 0.117. The van der Waals surface area contributed by atoms with E-state index in [1.165, 1.54) is 22.9 Å². The van der Waals surface area contributed by atoms with Crippen molar-refractivity contribution in [1.82, 2.24) is 10.2 Å². The molecule has 1 aliphatic heterocycles. The molecule has 0 unspecified atom stereocenters. The number of thioether (sulfide) groups is 1. The molecule has 1 fully saturated rings. The van der Waals surface area contributed by atoms with Crippen molar-refractivity contribution in [2.45, 2.75) is 26.3 Å². The summed E-state index contributed by atoms with van der Waals surface area (Å²) in [5.41, 5.74) is 0.996. The van der Waals surface area contributed by atoms with Gasteiger partial charge in [0.25, 0.3) is 5.91 Å². The van der Waals surface area contributed by atoms with Crippen molar-refractivity contribution in [3.63, 3.8) is 0 Å². The van der Waals surface area contributed by atoms with Crippen LogP contribution in [-0.4, -0.2) is 38.7 Å². The number of benzene rings is 1. The molecule has 1 aromatic heterocycles. The van der Waals surface area contributed by atoms with Crippen molar-refractivity contribution in [3.05, 3.63) is 58.9 Å². The Hall–Kier alpha value is -2.58. The maximum Gasteiger partial charge on any atom is 0.267 e. The smallest absolute Gasteiger partial charge is 0.267 e. The van der Waals surface area contributed by atoms with Crippen molar-refractivity contribution in [1.29, 1.82) is 0 Å². The molecule has 0 saturated carbocycles. The number of rotatable bonds is 7. The van der Waals surface area contributed by atoms with Crippen molar-refractivity contribution in [2.75, 3.05) is 6.54 Å². The fourth-order valence-corrected chi connectivity index (χ4v) is 4.35. The van der Waals surface area contributed by atoms with Gasteiger partial charge in [-0.1, -0.05) is 50.0 Å². The Bertz CT molecular complexity index is 921. The van der Waals surface area contributed by atoms with E-state index in [-0.39, 0.29) is 23.5 Å². The summed E-state index contributed by atoms with van der Waals surface area (Å²) < 4.78 is 5.63. The highest BCUT2D eigenvalue weighted by Crippen LogP contribution is 2.35. The highest BCUT2D eigenvalue weighted by Gasteiger charge is 2.41. The standard InChI is InChI=1S/C21H22N2O4S2/c1-13(2)18(19(25)22-10-9-14-5-7-15(24)8-6-14)23-20(26)17(29-21(23)28)12-16-4-3-11-27-16/h3-8,11-13,18,24H,9-10H2,1-2H3,(H,22,25)/b17-12-/t18-/m0/s1. The number of thiocarbonyl (C=S) groups is 1. The summed E-state index contributed by atoms with van der Waals surface area (Å²) >= 11 is 6.57. The van der Waals surface area contributed by atoms with Crippen LogP contribution in [0.2, 0.25) is 0 Å². The molecule has 0 radical (unpaired) electrons. The minimum atomic E-state index is -0.690. The summed E-state index contributed by atoms with van der Waals surface area (Å²) in [5, 5.41) is 12.2. The van der Waals surface area contributed by atoms with Gasteiger partial charge >= 0.3 is 0 Å². The van der Waals surface area contributed by atoms with Gasteiger partial charge in [-0.15, -0.1) is 0 Å². The lowest BCUT2D eigenvalue weighted by molar-refractivity contribution is -0.134. The van der Waals surface area contributed by atoms with Gasteiger partial charge in [-0.25, -0.2) is 0 Å². The zero-order valence-corrected chi connectivity index (χ0v) is 17.8. The molecule has 2 amide bonds. The highest BCUT2D eigenvalue weighted by molar-refractivity contribution is 8.26. The van der Waals surface area contributed by atoms with Crippen LogP contribution in [0.1, 0.15) is 25.2 Å². The van der Waals surface area contributed by atoms with Gasteiger partial charge in [0.15, 0.2) is 0 Å². The Morgan fingerprint density at radius 1 is 1.31 bits per heavy atom. The van der Waals surface area contributed by atoms with Gasteiger partial charge in [0.1, 0.15) is 21.9 Å². The van der Waals surface area contributed by atoms with Gasteiger partial charge in [0.2, 0.25) is 5.91 Å². The monoisotopic (exact) mass is 430 g/mol. The fourth-order valence-electron chi connectivity index (χ4n) is 3.04. The van der Waals surface area contributed by atoms with E-state index >= 15 is 0 Å². The second-order valence-electron chi connectivity index (χ2n) is 6.96. The first-order valence-corrected chi connectivity index (χ1v) is 10.5. The number of furan rings is 1. The topological polar surface area (TPSA) is 82.8 Å². The number of nitrogens with zero attached hydrogens (tertiary/aromatic N) is 1. The molecule has 2 N–H and O–H groups in total. The van der Waals surface area contributed by atoms with Crippen molar-refractivity contribution >= 4 is 46.2 Å². The van der Waals surface area contributed by atoms with E-state index in [4.69, 9.17) is 16.6 Å². The zero-order valence-electron chi connectivity index (χ0n) is 16.1. The van der Waals surface area contributed by atoms with E-state index in [0.717, 1.165) is 5.56 Å². The first-order valence-electron chi connectivity index (χ1n) is 9.23. The van der Waals surface area contributed by atoms with Gasteiger partial charge in [-0.3, -0.25) is 14.5 Å². The number of nitrogens with one attached hydrogen (secondary N) is 1. The fraction of sp³-hybridized carbons (Fsp3) is 0.286. The Balaban J connectivity index is 1.68. The Labute approximate surface area is 179 Å². The van der Waals surface area contributed by atoms with Gasteiger partial charge in [0.05, 0.1) is 11.2 Å². The second kappa shape index (κ2) is 9.28. The number of hydrogen-bond acceptors (Lipinski definition) is 6. The van der Waals surface area contributed by atoms with E-state index < -0.39 is 6.04 Å². The van der Waals surface area contributed by atoms with Gasteiger partial charge in [0, 0.05) is 12.6 Å². The molecule has 2 heterocycles. The van der Waals surface area contributed by atoms with Crippen LogP contribution in [0.4, 0.5) is 0 Å². The number of hydrogen-bond donors (Lipinski definition) is 2. The molecule has 1 saturated heterocycles. The molecule has 0 aliphatic carbocycles. The average molecular weight is 431 g/mol. The van der Waals surface area contributed by atoms with E-state index in [1.54, 1.807) is 30.3 Å². The predicted molar refractivity (Wildman–Crippen MR) is 117 cm³/mol. The minimum Gasteiger partial charge on any atom is -0.508 e. The largest absolute Gasteiger partial charge is 0.508 e. The van der Waals surface area contributed by atoms with Crippen LogP contribution in [0.15, 0.2) is 52.0 Å². The van der Waals surface area contributed by atoms with Crippen LogP contribution in [0.3, 0.4) is 0 Å². The van der Waals surface area contributed by atoms with Crippen LogP contribution in [0.5, 0.6) is 5.75 Å². The third-order valence-electron chi connectivity index (χ3n) is 4.47. The molecule has 3 rings (SSSR count). The molecule has 152 valence electrons. The van der Waals surface area contributed by atoms with E-state index in [0.29, 0.717) is 28.0 Å². The summed E-state index contributed by atoms with van der Waals surface area (Å²) in [6.07, 6.45) is 3.79. The van der Waals surface area contributed by atoms with Crippen LogP contribution < -0.4 is 5.32 Å². The van der Waals surface area contributed by atoms with Crippen LogP contribution in [-0.2, 0) is 16.0 Å². The SMILES string of the molecule is CC(C)[C@@H](C(=O)NCCc1ccc(O)cc1)N1C(=O)/C(=C/c2ccco2)SC1=S. The van der Waals surface area contributed by atoms with Crippen LogP contribution >= 0.6 is 24.0 Å².